The molecule has 0 spiro atoms. The predicted octanol–water partition coefficient (Wildman–Crippen LogP) is 0.898. The highest BCUT2D eigenvalue weighted by atomic mass is 35.5. The first-order valence-electron chi connectivity index (χ1n) is 8.14. The third kappa shape index (κ3) is 4.84. The fourth-order valence-corrected chi connectivity index (χ4v) is 2.98. The quantitative estimate of drug-likeness (QED) is 0.358. The van der Waals surface area contributed by atoms with Gasteiger partial charge in [0.25, 0.3) is 5.56 Å². The minimum Gasteiger partial charge on any atom is -0.475 e. The largest absolute Gasteiger partial charge is 0.475 e. The number of rotatable bonds is 6. The molecule has 3 N–H and O–H groups in total. The van der Waals surface area contributed by atoms with E-state index in [-0.39, 0.29) is 40.6 Å². The number of pyridine rings is 1. The van der Waals surface area contributed by atoms with Crippen LogP contribution < -0.4 is 21.1 Å². The van der Waals surface area contributed by atoms with Gasteiger partial charge in [-0.3, -0.25) is 9.78 Å². The lowest BCUT2D eigenvalue weighted by Crippen LogP contribution is -2.40. The SMILES string of the molecule is CONCC1CN[C@H](COc2nc(Cl)c(F)c3nc(Cl)[nH]c(=O)c23)COC1. The number of aromatic amines is 1. The van der Waals surface area contributed by atoms with Gasteiger partial charge in [0.1, 0.15) is 17.5 Å². The van der Waals surface area contributed by atoms with Crippen LogP contribution in [0, 0.1) is 11.7 Å². The number of H-pyrrole nitrogens is 1. The zero-order chi connectivity index (χ0) is 19.4. The summed E-state index contributed by atoms with van der Waals surface area (Å²) in [4.78, 5) is 26.9. The Balaban J connectivity index is 1.74. The molecule has 0 radical (unpaired) electrons. The van der Waals surface area contributed by atoms with E-state index in [2.05, 4.69) is 25.7 Å². The fourth-order valence-electron chi connectivity index (χ4n) is 2.65. The maximum absolute atomic E-state index is 14.2. The van der Waals surface area contributed by atoms with Gasteiger partial charge in [-0.15, -0.1) is 0 Å². The molecular formula is C15H18Cl2FN5O4. The van der Waals surface area contributed by atoms with Crippen LogP contribution in [0.4, 0.5) is 4.39 Å². The lowest BCUT2D eigenvalue weighted by Gasteiger charge is -2.17. The summed E-state index contributed by atoms with van der Waals surface area (Å²) < 4.78 is 25.4. The molecule has 0 saturated carbocycles. The Morgan fingerprint density at radius 1 is 1.37 bits per heavy atom. The lowest BCUT2D eigenvalue weighted by molar-refractivity contribution is 0.0555. The Kier molecular flexibility index (Phi) is 6.79. The van der Waals surface area contributed by atoms with Gasteiger partial charge >= 0.3 is 0 Å². The maximum Gasteiger partial charge on any atom is 0.265 e. The summed E-state index contributed by atoms with van der Waals surface area (Å²) in [5, 5.41) is 2.44. The highest BCUT2D eigenvalue weighted by molar-refractivity contribution is 6.30. The van der Waals surface area contributed by atoms with Crippen LogP contribution in [-0.2, 0) is 9.57 Å². The Morgan fingerprint density at radius 2 is 2.19 bits per heavy atom. The van der Waals surface area contributed by atoms with Crippen LogP contribution in [0.3, 0.4) is 0 Å². The minimum atomic E-state index is -0.934. The lowest BCUT2D eigenvalue weighted by atomic mass is 10.1. The second-order valence-electron chi connectivity index (χ2n) is 5.97. The molecule has 1 aliphatic rings. The van der Waals surface area contributed by atoms with Crippen molar-refractivity contribution in [3.63, 3.8) is 0 Å². The van der Waals surface area contributed by atoms with Crippen LogP contribution in [0.5, 0.6) is 5.88 Å². The maximum atomic E-state index is 14.2. The first kappa shape index (κ1) is 20.2. The number of aromatic nitrogens is 3. The number of fused-ring (bicyclic) bond motifs is 1. The average molecular weight is 422 g/mol. The number of hydrogen-bond acceptors (Lipinski definition) is 8. The van der Waals surface area contributed by atoms with Crippen LogP contribution in [0.1, 0.15) is 0 Å². The zero-order valence-electron chi connectivity index (χ0n) is 14.4. The topological polar surface area (TPSA) is 110 Å². The normalized spacial score (nSPS) is 20.6. The minimum absolute atomic E-state index is 0.120. The molecule has 1 unspecified atom stereocenters. The molecule has 2 aromatic rings. The molecule has 2 aromatic heterocycles. The van der Waals surface area contributed by atoms with Gasteiger partial charge in [0.2, 0.25) is 11.2 Å². The summed E-state index contributed by atoms with van der Waals surface area (Å²) in [7, 11) is 1.55. The van der Waals surface area contributed by atoms with Gasteiger partial charge in [-0.25, -0.2) is 14.9 Å². The van der Waals surface area contributed by atoms with Crippen molar-refractivity contribution < 1.29 is 18.7 Å². The molecule has 1 fully saturated rings. The molecule has 9 nitrogen and oxygen atoms in total. The molecule has 148 valence electrons. The fraction of sp³-hybridized carbons (Fsp3) is 0.533. The predicted molar refractivity (Wildman–Crippen MR) is 96.7 cm³/mol. The number of hydrogen-bond donors (Lipinski definition) is 3. The van der Waals surface area contributed by atoms with E-state index in [0.717, 1.165) is 0 Å². The molecule has 27 heavy (non-hydrogen) atoms. The Bertz CT molecular complexity index is 868. The molecule has 2 atom stereocenters. The van der Waals surface area contributed by atoms with Gasteiger partial charge in [-0.2, -0.15) is 4.98 Å². The highest BCUT2D eigenvalue weighted by Crippen LogP contribution is 2.27. The third-order valence-corrected chi connectivity index (χ3v) is 4.43. The average Bonchev–Trinajstić information content (AvgIpc) is 2.86. The van der Waals surface area contributed by atoms with Gasteiger partial charge < -0.3 is 19.6 Å². The van der Waals surface area contributed by atoms with Gasteiger partial charge in [0, 0.05) is 19.0 Å². The molecule has 1 aliphatic heterocycles. The summed E-state index contributed by atoms with van der Waals surface area (Å²) in [5.41, 5.74) is 1.83. The molecule has 3 rings (SSSR count). The Hall–Kier alpha value is -1.56. The molecule has 0 bridgehead atoms. The van der Waals surface area contributed by atoms with Crippen LogP contribution in [0.15, 0.2) is 4.79 Å². The van der Waals surface area contributed by atoms with Gasteiger partial charge in [-0.1, -0.05) is 11.6 Å². The first-order chi connectivity index (χ1) is 13.0. The molecule has 12 heteroatoms. The van der Waals surface area contributed by atoms with Gasteiger partial charge in [-0.05, 0) is 11.6 Å². The monoisotopic (exact) mass is 421 g/mol. The van der Waals surface area contributed by atoms with Crippen molar-refractivity contribution in [3.05, 3.63) is 26.6 Å². The first-order valence-corrected chi connectivity index (χ1v) is 8.89. The van der Waals surface area contributed by atoms with Crippen LogP contribution in [0.25, 0.3) is 10.9 Å². The number of halogens is 3. The van der Waals surface area contributed by atoms with Crippen LogP contribution in [0.2, 0.25) is 10.4 Å². The molecule has 3 heterocycles. The van der Waals surface area contributed by atoms with Crippen molar-refractivity contribution in [2.24, 2.45) is 5.92 Å². The van der Waals surface area contributed by atoms with E-state index in [0.29, 0.717) is 26.3 Å². The summed E-state index contributed by atoms with van der Waals surface area (Å²) in [6.07, 6.45) is 0. The number of nitrogens with zero attached hydrogens (tertiary/aromatic N) is 2. The summed E-state index contributed by atoms with van der Waals surface area (Å²) >= 11 is 11.5. The standard InChI is InChI=1S/C15H18Cl2FN5O4/c1-25-20-3-7-2-19-8(5-26-4-7)6-27-14-9-11(10(18)12(16)22-14)21-15(17)23-13(9)24/h7-8,19-20H,2-6H2,1H3,(H,21,23,24)/t7?,8-/m0/s1. The van der Waals surface area contributed by atoms with E-state index in [1.54, 1.807) is 7.11 Å². The van der Waals surface area contributed by atoms with Crippen molar-refractivity contribution in [2.75, 3.05) is 40.0 Å². The Morgan fingerprint density at radius 3 is 2.96 bits per heavy atom. The highest BCUT2D eigenvalue weighted by Gasteiger charge is 2.22. The van der Waals surface area contributed by atoms with Crippen molar-refractivity contribution in [3.8, 4) is 5.88 Å². The van der Waals surface area contributed by atoms with Gasteiger partial charge in [0.05, 0.1) is 26.4 Å². The third-order valence-electron chi connectivity index (χ3n) is 4.00. The van der Waals surface area contributed by atoms with E-state index >= 15 is 0 Å². The smallest absolute Gasteiger partial charge is 0.265 e. The van der Waals surface area contributed by atoms with E-state index in [4.69, 9.17) is 37.5 Å². The van der Waals surface area contributed by atoms with Crippen LogP contribution >= 0.6 is 23.2 Å². The second kappa shape index (κ2) is 9.09. The van der Waals surface area contributed by atoms with Crippen molar-refractivity contribution in [1.29, 1.82) is 0 Å². The molecule has 1 saturated heterocycles. The molecule has 0 aliphatic carbocycles. The molecule has 0 amide bonds. The second-order valence-corrected chi connectivity index (χ2v) is 6.69. The summed E-state index contributed by atoms with van der Waals surface area (Å²) in [6, 6.07) is -0.155. The van der Waals surface area contributed by atoms with E-state index < -0.39 is 16.5 Å². The van der Waals surface area contributed by atoms with E-state index in [1.807, 2.05) is 0 Å². The number of hydroxylamine groups is 1. The van der Waals surface area contributed by atoms with E-state index in [1.165, 1.54) is 0 Å². The number of ether oxygens (including phenoxy) is 2. The van der Waals surface area contributed by atoms with E-state index in [9.17, 15) is 9.18 Å². The van der Waals surface area contributed by atoms with Crippen LogP contribution in [-0.4, -0.2) is 61.0 Å². The Labute approximate surface area is 163 Å². The summed E-state index contributed by atoms with van der Waals surface area (Å²) in [5.74, 6) is -0.828. The van der Waals surface area contributed by atoms with Crippen molar-refractivity contribution in [2.45, 2.75) is 6.04 Å². The summed E-state index contributed by atoms with van der Waals surface area (Å²) in [6.45, 7) is 2.41. The molecule has 0 aromatic carbocycles. The van der Waals surface area contributed by atoms with Gasteiger partial charge in [0.15, 0.2) is 11.0 Å². The number of nitrogens with one attached hydrogen (secondary N) is 3. The molecular weight excluding hydrogens is 404 g/mol. The zero-order valence-corrected chi connectivity index (χ0v) is 15.9. The van der Waals surface area contributed by atoms with Crippen molar-refractivity contribution >= 4 is 34.1 Å². The van der Waals surface area contributed by atoms with Crippen molar-refractivity contribution in [1.82, 2.24) is 25.7 Å².